The van der Waals surface area contributed by atoms with Crippen molar-refractivity contribution in [2.75, 3.05) is 13.0 Å². The van der Waals surface area contributed by atoms with Gasteiger partial charge in [0, 0.05) is 28.9 Å². The molecular weight excluding hydrogens is 234 g/mol. The van der Waals surface area contributed by atoms with Crippen molar-refractivity contribution < 1.29 is 4.74 Å². The minimum absolute atomic E-state index is 0.468. The highest BCUT2D eigenvalue weighted by atomic mass is 35.5. The molecule has 3 heteroatoms. The lowest BCUT2D eigenvalue weighted by molar-refractivity contribution is 0.399. The molecule has 0 aliphatic heterocycles. The molecule has 0 saturated heterocycles. The average Bonchev–Trinajstić information content (AvgIpc) is 2.28. The van der Waals surface area contributed by atoms with E-state index in [1.807, 2.05) is 13.1 Å². The van der Waals surface area contributed by atoms with Crippen LogP contribution < -0.4 is 4.74 Å². The molecule has 0 radical (unpaired) electrons. The molecule has 0 amide bonds. The summed E-state index contributed by atoms with van der Waals surface area (Å²) in [6, 6.07) is 0. The molecule has 1 rings (SSSR count). The van der Waals surface area contributed by atoms with Crippen molar-refractivity contribution in [1.29, 1.82) is 0 Å². The maximum atomic E-state index is 6.01. The summed E-state index contributed by atoms with van der Waals surface area (Å²) in [7, 11) is 1.71. The molecule has 0 saturated carbocycles. The Morgan fingerprint density at radius 3 is 2.47 bits per heavy atom. The molecule has 0 aliphatic rings. The topological polar surface area (TPSA) is 22.1 Å². The first-order valence-corrected chi connectivity index (χ1v) is 6.59. The summed E-state index contributed by atoms with van der Waals surface area (Å²) >= 11 is 6.01. The highest BCUT2D eigenvalue weighted by Gasteiger charge is 2.17. The van der Waals surface area contributed by atoms with Gasteiger partial charge in [0.05, 0.1) is 7.11 Å². The van der Waals surface area contributed by atoms with Gasteiger partial charge in [0.2, 0.25) is 0 Å². The van der Waals surface area contributed by atoms with Gasteiger partial charge in [-0.3, -0.25) is 4.98 Å². The fourth-order valence-corrected chi connectivity index (χ4v) is 2.46. The lowest BCUT2D eigenvalue weighted by Crippen LogP contribution is -2.15. The highest BCUT2D eigenvalue weighted by molar-refractivity contribution is 6.18. The minimum atomic E-state index is 0.468. The second kappa shape index (κ2) is 6.25. The summed E-state index contributed by atoms with van der Waals surface area (Å²) in [5.41, 5.74) is 3.33. The molecule has 0 fully saturated rings. The summed E-state index contributed by atoms with van der Waals surface area (Å²) < 4.78 is 5.42. The van der Waals surface area contributed by atoms with Crippen LogP contribution in [0.4, 0.5) is 0 Å². The zero-order chi connectivity index (χ0) is 13.0. The lowest BCUT2D eigenvalue weighted by atomic mass is 9.91. The van der Waals surface area contributed by atoms with Crippen LogP contribution in [0.15, 0.2) is 6.20 Å². The van der Waals surface area contributed by atoms with Gasteiger partial charge in [0.1, 0.15) is 5.75 Å². The van der Waals surface area contributed by atoms with E-state index in [4.69, 9.17) is 16.3 Å². The van der Waals surface area contributed by atoms with E-state index in [1.54, 1.807) is 7.11 Å². The van der Waals surface area contributed by atoms with E-state index in [-0.39, 0.29) is 0 Å². The zero-order valence-corrected chi connectivity index (χ0v) is 12.1. The standard InChI is InChI=1S/C14H22ClNO/c1-9(2)12(7-15)6-13-11(4)14(17-5)10(3)8-16-13/h8-9,12H,6-7H2,1-5H3. The Morgan fingerprint density at radius 2 is 2.00 bits per heavy atom. The first kappa shape index (κ1) is 14.3. The third-order valence-corrected chi connectivity index (χ3v) is 3.74. The van der Waals surface area contributed by atoms with Gasteiger partial charge in [-0.25, -0.2) is 0 Å². The number of ether oxygens (including phenoxy) is 1. The van der Waals surface area contributed by atoms with Gasteiger partial charge in [-0.1, -0.05) is 13.8 Å². The third-order valence-electron chi connectivity index (χ3n) is 3.35. The van der Waals surface area contributed by atoms with Gasteiger partial charge in [-0.15, -0.1) is 11.6 Å². The first-order chi connectivity index (χ1) is 8.01. The monoisotopic (exact) mass is 255 g/mol. The molecule has 0 aliphatic carbocycles. The minimum Gasteiger partial charge on any atom is -0.496 e. The van der Waals surface area contributed by atoms with Crippen LogP contribution in [0.1, 0.15) is 30.7 Å². The third kappa shape index (κ3) is 3.35. The van der Waals surface area contributed by atoms with Crippen LogP contribution in [0, 0.1) is 25.7 Å². The molecule has 1 heterocycles. The molecule has 0 N–H and O–H groups in total. The van der Waals surface area contributed by atoms with E-state index in [0.29, 0.717) is 17.7 Å². The molecule has 17 heavy (non-hydrogen) atoms. The second-order valence-corrected chi connectivity index (χ2v) is 5.22. The summed E-state index contributed by atoms with van der Waals surface area (Å²) in [6.45, 7) is 8.49. The number of halogens is 1. The van der Waals surface area contributed by atoms with Crippen LogP contribution in [0.25, 0.3) is 0 Å². The van der Waals surface area contributed by atoms with Gasteiger partial charge in [0.15, 0.2) is 0 Å². The number of aromatic nitrogens is 1. The number of rotatable bonds is 5. The zero-order valence-electron chi connectivity index (χ0n) is 11.4. The van der Waals surface area contributed by atoms with Gasteiger partial charge in [-0.05, 0) is 32.1 Å². The van der Waals surface area contributed by atoms with Crippen molar-refractivity contribution in [2.45, 2.75) is 34.1 Å². The fraction of sp³-hybridized carbons (Fsp3) is 0.643. The molecular formula is C14H22ClNO. The molecule has 96 valence electrons. The van der Waals surface area contributed by atoms with Gasteiger partial charge in [0.25, 0.3) is 0 Å². The van der Waals surface area contributed by atoms with E-state index in [1.165, 1.54) is 0 Å². The van der Waals surface area contributed by atoms with Crippen molar-refractivity contribution in [3.8, 4) is 5.75 Å². The predicted octanol–water partition coefficient (Wildman–Crippen LogP) is 3.76. The number of nitrogens with zero attached hydrogens (tertiary/aromatic N) is 1. The average molecular weight is 256 g/mol. The molecule has 1 atom stereocenters. The largest absolute Gasteiger partial charge is 0.496 e. The molecule has 1 aromatic heterocycles. The van der Waals surface area contributed by atoms with Gasteiger partial charge in [-0.2, -0.15) is 0 Å². The van der Waals surface area contributed by atoms with Crippen LogP contribution in [0.2, 0.25) is 0 Å². The van der Waals surface area contributed by atoms with E-state index >= 15 is 0 Å². The van der Waals surface area contributed by atoms with E-state index in [0.717, 1.165) is 29.0 Å². The van der Waals surface area contributed by atoms with Crippen LogP contribution in [0.5, 0.6) is 5.75 Å². The molecule has 2 nitrogen and oxygen atoms in total. The number of hydrogen-bond donors (Lipinski definition) is 0. The Balaban J connectivity index is 2.99. The maximum absolute atomic E-state index is 6.01. The fourth-order valence-electron chi connectivity index (χ4n) is 1.99. The maximum Gasteiger partial charge on any atom is 0.128 e. The first-order valence-electron chi connectivity index (χ1n) is 6.06. The SMILES string of the molecule is COc1c(C)cnc(CC(CCl)C(C)C)c1C. The number of aryl methyl sites for hydroxylation is 1. The van der Waals surface area contributed by atoms with E-state index < -0.39 is 0 Å². The van der Waals surface area contributed by atoms with Crippen molar-refractivity contribution in [2.24, 2.45) is 11.8 Å². The predicted molar refractivity (Wildman–Crippen MR) is 73.0 cm³/mol. The van der Waals surface area contributed by atoms with Crippen LogP contribution in [-0.4, -0.2) is 18.0 Å². The Morgan fingerprint density at radius 1 is 1.35 bits per heavy atom. The van der Waals surface area contributed by atoms with Crippen molar-refractivity contribution in [1.82, 2.24) is 4.98 Å². The van der Waals surface area contributed by atoms with Crippen molar-refractivity contribution >= 4 is 11.6 Å². The summed E-state index contributed by atoms with van der Waals surface area (Å²) in [4.78, 5) is 4.52. The van der Waals surface area contributed by atoms with Gasteiger partial charge < -0.3 is 4.74 Å². The number of hydrogen-bond acceptors (Lipinski definition) is 2. The van der Waals surface area contributed by atoms with E-state index in [9.17, 15) is 0 Å². The lowest BCUT2D eigenvalue weighted by Gasteiger charge is -2.19. The van der Waals surface area contributed by atoms with Crippen LogP contribution in [0.3, 0.4) is 0 Å². The number of alkyl halides is 1. The smallest absolute Gasteiger partial charge is 0.128 e. The summed E-state index contributed by atoms with van der Waals surface area (Å²) in [5.74, 6) is 2.66. The molecule has 1 unspecified atom stereocenters. The Kier molecular flexibility index (Phi) is 5.26. The molecule has 0 bridgehead atoms. The summed E-state index contributed by atoms with van der Waals surface area (Å²) in [5, 5.41) is 0. The molecule has 0 spiro atoms. The van der Waals surface area contributed by atoms with Gasteiger partial charge >= 0.3 is 0 Å². The van der Waals surface area contributed by atoms with E-state index in [2.05, 4.69) is 25.8 Å². The summed E-state index contributed by atoms with van der Waals surface area (Å²) in [6.07, 6.45) is 2.80. The molecule has 0 aromatic carbocycles. The molecule has 1 aromatic rings. The number of methoxy groups -OCH3 is 1. The quantitative estimate of drug-likeness (QED) is 0.748. The Hall–Kier alpha value is -0.760. The second-order valence-electron chi connectivity index (χ2n) is 4.91. The Bertz CT molecular complexity index is 377. The normalized spacial score (nSPS) is 12.9. The van der Waals surface area contributed by atoms with Crippen molar-refractivity contribution in [3.63, 3.8) is 0 Å². The van der Waals surface area contributed by atoms with Crippen LogP contribution >= 0.6 is 11.6 Å². The number of pyridine rings is 1. The van der Waals surface area contributed by atoms with Crippen LogP contribution in [-0.2, 0) is 6.42 Å². The Labute approximate surface area is 109 Å². The van der Waals surface area contributed by atoms with Crippen molar-refractivity contribution in [3.05, 3.63) is 23.0 Å². The highest BCUT2D eigenvalue weighted by Crippen LogP contribution is 2.27.